The van der Waals surface area contributed by atoms with Gasteiger partial charge in [0.25, 0.3) is 0 Å². The summed E-state index contributed by atoms with van der Waals surface area (Å²) in [5, 5.41) is 4.25. The van der Waals surface area contributed by atoms with E-state index in [2.05, 4.69) is 21.0 Å². The Bertz CT molecular complexity index is 797. The summed E-state index contributed by atoms with van der Waals surface area (Å²) in [7, 11) is 0. The smallest absolute Gasteiger partial charge is 0.149 e. The summed E-state index contributed by atoms with van der Waals surface area (Å²) < 4.78 is 29.2. The normalized spacial score (nSPS) is 10.8. The molecule has 0 amide bonds. The summed E-state index contributed by atoms with van der Waals surface area (Å²) in [6, 6.07) is 12.2. The van der Waals surface area contributed by atoms with Crippen LogP contribution in [0, 0.1) is 11.6 Å². The number of hydrogen-bond donors (Lipinski definition) is 1. The molecule has 0 unspecified atom stereocenters. The van der Waals surface area contributed by atoms with Gasteiger partial charge in [0, 0.05) is 22.2 Å². The summed E-state index contributed by atoms with van der Waals surface area (Å²) in [4.78, 5) is 0. The van der Waals surface area contributed by atoms with Crippen molar-refractivity contribution in [2.45, 2.75) is 0 Å². The number of anilines is 1. The third-order valence-electron chi connectivity index (χ3n) is 3.01. The Kier molecular flexibility index (Phi) is 3.47. The van der Waals surface area contributed by atoms with Crippen LogP contribution in [0.1, 0.15) is 0 Å². The molecule has 3 aromatic rings. The number of hydrogen-bond acceptors (Lipinski definition) is 2. The van der Waals surface area contributed by atoms with Gasteiger partial charge < -0.3 is 5.73 Å². The van der Waals surface area contributed by atoms with Crippen LogP contribution in [-0.2, 0) is 0 Å². The number of nitrogens with zero attached hydrogens (tertiary/aromatic N) is 2. The molecule has 0 atom stereocenters. The first-order valence-corrected chi connectivity index (χ1v) is 6.91. The largest absolute Gasteiger partial charge is 0.384 e. The van der Waals surface area contributed by atoms with E-state index in [9.17, 15) is 8.78 Å². The van der Waals surface area contributed by atoms with Crippen molar-refractivity contribution >= 4 is 21.7 Å². The second kappa shape index (κ2) is 5.29. The van der Waals surface area contributed by atoms with E-state index >= 15 is 0 Å². The van der Waals surface area contributed by atoms with Gasteiger partial charge in [-0.25, -0.2) is 13.5 Å². The molecule has 2 aromatic carbocycles. The summed E-state index contributed by atoms with van der Waals surface area (Å²) in [6.45, 7) is 0. The molecule has 0 radical (unpaired) electrons. The van der Waals surface area contributed by atoms with Crippen LogP contribution >= 0.6 is 15.9 Å². The molecule has 0 saturated heterocycles. The van der Waals surface area contributed by atoms with Crippen molar-refractivity contribution in [3.8, 4) is 16.9 Å². The topological polar surface area (TPSA) is 43.8 Å². The van der Waals surface area contributed by atoms with Crippen LogP contribution in [0.3, 0.4) is 0 Å². The second-order valence-corrected chi connectivity index (χ2v) is 5.38. The van der Waals surface area contributed by atoms with Crippen molar-refractivity contribution in [3.05, 3.63) is 64.6 Å². The van der Waals surface area contributed by atoms with E-state index in [1.54, 1.807) is 6.07 Å². The molecular weight excluding hydrogens is 340 g/mol. The lowest BCUT2D eigenvalue weighted by Crippen LogP contribution is -2.04. The Hall–Kier alpha value is -2.21. The standard InChI is InChI=1S/C15H10BrF2N3/c16-10-3-1-9(2-4-10)13-8-15(19)21(20-13)14-7-11(17)5-6-12(14)18/h1-8H,19H2. The predicted octanol–water partition coefficient (Wildman–Crippen LogP) is 4.16. The van der Waals surface area contributed by atoms with Gasteiger partial charge in [0.05, 0.1) is 5.69 Å². The zero-order chi connectivity index (χ0) is 15.0. The minimum absolute atomic E-state index is 0.0177. The Morgan fingerprint density at radius 3 is 2.43 bits per heavy atom. The minimum atomic E-state index is -0.589. The Labute approximate surface area is 128 Å². The van der Waals surface area contributed by atoms with Gasteiger partial charge >= 0.3 is 0 Å². The number of nitrogen functional groups attached to an aromatic ring is 1. The highest BCUT2D eigenvalue weighted by Gasteiger charge is 2.13. The van der Waals surface area contributed by atoms with Crippen molar-refractivity contribution in [2.24, 2.45) is 0 Å². The Balaban J connectivity index is 2.09. The lowest BCUT2D eigenvalue weighted by molar-refractivity contribution is 0.588. The van der Waals surface area contributed by atoms with Crippen LogP contribution in [-0.4, -0.2) is 9.78 Å². The van der Waals surface area contributed by atoms with Gasteiger partial charge in [-0.05, 0) is 24.3 Å². The van der Waals surface area contributed by atoms with Gasteiger partial charge in [0.15, 0.2) is 0 Å². The van der Waals surface area contributed by atoms with Crippen LogP contribution in [0.2, 0.25) is 0 Å². The van der Waals surface area contributed by atoms with E-state index in [1.807, 2.05) is 24.3 Å². The van der Waals surface area contributed by atoms with Gasteiger partial charge in [0.2, 0.25) is 0 Å². The number of benzene rings is 2. The van der Waals surface area contributed by atoms with E-state index in [0.29, 0.717) is 5.69 Å². The van der Waals surface area contributed by atoms with Crippen LogP contribution in [0.25, 0.3) is 16.9 Å². The van der Waals surface area contributed by atoms with Gasteiger partial charge in [0.1, 0.15) is 23.1 Å². The van der Waals surface area contributed by atoms with E-state index in [0.717, 1.165) is 28.2 Å². The first-order valence-electron chi connectivity index (χ1n) is 6.11. The van der Waals surface area contributed by atoms with Crippen molar-refractivity contribution < 1.29 is 8.78 Å². The van der Waals surface area contributed by atoms with Gasteiger partial charge in [-0.1, -0.05) is 28.1 Å². The fourth-order valence-electron chi connectivity index (χ4n) is 2.00. The zero-order valence-corrected chi connectivity index (χ0v) is 12.3. The number of halogens is 3. The molecule has 0 aliphatic heterocycles. The van der Waals surface area contributed by atoms with Crippen molar-refractivity contribution in [2.75, 3.05) is 5.73 Å². The lowest BCUT2D eigenvalue weighted by Gasteiger charge is -2.05. The van der Waals surface area contributed by atoms with Crippen LogP contribution < -0.4 is 5.73 Å². The molecule has 106 valence electrons. The third kappa shape index (κ3) is 2.67. The van der Waals surface area contributed by atoms with E-state index in [1.165, 1.54) is 4.68 Å². The Morgan fingerprint density at radius 1 is 1.00 bits per heavy atom. The first kappa shape index (κ1) is 13.8. The molecule has 0 spiro atoms. The number of rotatable bonds is 2. The van der Waals surface area contributed by atoms with E-state index < -0.39 is 11.6 Å². The highest BCUT2D eigenvalue weighted by Crippen LogP contribution is 2.25. The average molecular weight is 350 g/mol. The quantitative estimate of drug-likeness (QED) is 0.754. The molecule has 2 N–H and O–H groups in total. The molecule has 6 heteroatoms. The molecule has 1 aromatic heterocycles. The average Bonchev–Trinajstić information content (AvgIpc) is 2.84. The molecule has 1 heterocycles. The maximum Gasteiger partial charge on any atom is 0.149 e. The summed E-state index contributed by atoms with van der Waals surface area (Å²) >= 11 is 3.35. The van der Waals surface area contributed by atoms with Crippen molar-refractivity contribution in [1.29, 1.82) is 0 Å². The van der Waals surface area contributed by atoms with Gasteiger partial charge in [-0.15, -0.1) is 0 Å². The van der Waals surface area contributed by atoms with Crippen LogP contribution in [0.4, 0.5) is 14.6 Å². The predicted molar refractivity (Wildman–Crippen MR) is 81.0 cm³/mol. The summed E-state index contributed by atoms with van der Waals surface area (Å²) in [6.07, 6.45) is 0. The van der Waals surface area contributed by atoms with Crippen molar-refractivity contribution in [3.63, 3.8) is 0 Å². The molecule has 3 rings (SSSR count). The van der Waals surface area contributed by atoms with Crippen LogP contribution in [0.5, 0.6) is 0 Å². The number of nitrogens with two attached hydrogens (primary N) is 1. The first-order chi connectivity index (χ1) is 10.0. The van der Waals surface area contributed by atoms with Gasteiger partial charge in [-0.3, -0.25) is 0 Å². The second-order valence-electron chi connectivity index (χ2n) is 4.47. The van der Waals surface area contributed by atoms with Crippen molar-refractivity contribution in [1.82, 2.24) is 9.78 Å². The molecule has 0 aliphatic rings. The molecule has 21 heavy (non-hydrogen) atoms. The molecule has 0 bridgehead atoms. The van der Waals surface area contributed by atoms with Crippen LogP contribution in [0.15, 0.2) is 53.0 Å². The van der Waals surface area contributed by atoms with E-state index in [-0.39, 0.29) is 11.5 Å². The Morgan fingerprint density at radius 2 is 1.71 bits per heavy atom. The summed E-state index contributed by atoms with van der Waals surface area (Å²) in [5.74, 6) is -0.905. The highest BCUT2D eigenvalue weighted by molar-refractivity contribution is 9.10. The molecular formula is C15H10BrF2N3. The third-order valence-corrected chi connectivity index (χ3v) is 3.54. The fourth-order valence-corrected chi connectivity index (χ4v) is 2.26. The monoisotopic (exact) mass is 349 g/mol. The minimum Gasteiger partial charge on any atom is -0.384 e. The fraction of sp³-hybridized carbons (Fsp3) is 0. The zero-order valence-electron chi connectivity index (χ0n) is 10.7. The highest BCUT2D eigenvalue weighted by atomic mass is 79.9. The lowest BCUT2D eigenvalue weighted by atomic mass is 10.2. The maximum atomic E-state index is 13.8. The molecule has 3 nitrogen and oxygen atoms in total. The SMILES string of the molecule is Nc1cc(-c2ccc(Br)cc2)nn1-c1cc(F)ccc1F. The summed E-state index contributed by atoms with van der Waals surface area (Å²) in [5.41, 5.74) is 7.26. The molecule has 0 saturated carbocycles. The maximum absolute atomic E-state index is 13.8. The molecule has 0 aliphatic carbocycles. The van der Waals surface area contributed by atoms with E-state index in [4.69, 9.17) is 5.73 Å². The number of aromatic nitrogens is 2. The molecule has 0 fully saturated rings. The van der Waals surface area contributed by atoms with Gasteiger partial charge in [-0.2, -0.15) is 5.10 Å².